The number of carbonyl (C=O) groups excluding carboxylic acids is 1. The van der Waals surface area contributed by atoms with E-state index < -0.39 is 5.82 Å². The number of methoxy groups -OCH3 is 1. The molecular formula is C29H28ClFN4O2. The molecule has 2 aliphatic heterocycles. The van der Waals surface area contributed by atoms with Gasteiger partial charge >= 0.3 is 6.03 Å². The quantitative estimate of drug-likeness (QED) is 0.446. The second-order valence-corrected chi connectivity index (χ2v) is 10.1. The van der Waals surface area contributed by atoms with E-state index in [9.17, 15) is 14.4 Å². The summed E-state index contributed by atoms with van der Waals surface area (Å²) in [7, 11) is 1.71. The maximum atomic E-state index is 13.6. The van der Waals surface area contributed by atoms with Gasteiger partial charge in [-0.15, -0.1) is 0 Å². The Bertz CT molecular complexity index is 1360. The first-order valence-corrected chi connectivity index (χ1v) is 12.7. The summed E-state index contributed by atoms with van der Waals surface area (Å²) in [5.41, 5.74) is 4.88. The van der Waals surface area contributed by atoms with Crippen molar-refractivity contribution in [1.29, 1.82) is 5.26 Å². The number of hydrogen-bond acceptors (Lipinski definition) is 4. The fourth-order valence-corrected chi connectivity index (χ4v) is 5.60. The van der Waals surface area contributed by atoms with Crippen LogP contribution in [0.25, 0.3) is 11.1 Å². The molecule has 2 aliphatic rings. The molecule has 5 rings (SSSR count). The molecule has 0 aliphatic carbocycles. The van der Waals surface area contributed by atoms with E-state index in [0.717, 1.165) is 54.9 Å². The normalized spacial score (nSPS) is 16.4. The number of amides is 2. The van der Waals surface area contributed by atoms with Crippen LogP contribution in [-0.4, -0.2) is 50.8 Å². The van der Waals surface area contributed by atoms with Crippen molar-refractivity contribution >= 4 is 29.0 Å². The number of likely N-dealkylation sites (tertiary alicyclic amines) is 1. The predicted molar refractivity (Wildman–Crippen MR) is 144 cm³/mol. The zero-order valence-corrected chi connectivity index (χ0v) is 21.4. The van der Waals surface area contributed by atoms with E-state index in [1.165, 1.54) is 18.2 Å². The van der Waals surface area contributed by atoms with Gasteiger partial charge in [0.1, 0.15) is 5.82 Å². The zero-order chi connectivity index (χ0) is 26.0. The van der Waals surface area contributed by atoms with E-state index in [1.54, 1.807) is 18.1 Å². The lowest BCUT2D eigenvalue weighted by atomic mass is 9.73. The number of fused-ring (bicyclic) bond motifs is 2. The monoisotopic (exact) mass is 518 g/mol. The third-order valence-corrected chi connectivity index (χ3v) is 7.77. The molecule has 3 aromatic rings. The lowest BCUT2D eigenvalue weighted by Crippen LogP contribution is -2.47. The van der Waals surface area contributed by atoms with E-state index in [2.05, 4.69) is 22.4 Å². The van der Waals surface area contributed by atoms with Gasteiger partial charge in [0.05, 0.1) is 23.3 Å². The van der Waals surface area contributed by atoms with Gasteiger partial charge in [-0.2, -0.15) is 5.26 Å². The van der Waals surface area contributed by atoms with Gasteiger partial charge in [0.2, 0.25) is 0 Å². The van der Waals surface area contributed by atoms with Gasteiger partial charge in [-0.25, -0.2) is 9.18 Å². The molecule has 1 saturated heterocycles. The van der Waals surface area contributed by atoms with Crippen LogP contribution in [0.15, 0.2) is 60.7 Å². The number of anilines is 2. The van der Waals surface area contributed by atoms with Crippen molar-refractivity contribution in [3.8, 4) is 17.2 Å². The number of ether oxygens (including phenoxy) is 1. The molecule has 0 radical (unpaired) electrons. The largest absolute Gasteiger partial charge is 0.383 e. The molecule has 3 aromatic carbocycles. The van der Waals surface area contributed by atoms with Crippen LogP contribution >= 0.6 is 11.6 Å². The Labute approximate surface area is 221 Å². The molecular weight excluding hydrogens is 491 g/mol. The molecule has 0 atom stereocenters. The first kappa shape index (κ1) is 25.2. The maximum Gasteiger partial charge on any atom is 0.326 e. The van der Waals surface area contributed by atoms with Gasteiger partial charge in [0, 0.05) is 37.0 Å². The highest BCUT2D eigenvalue weighted by Crippen LogP contribution is 2.48. The fraction of sp³-hybridized carbons (Fsp3) is 0.310. The number of urea groups is 1. The molecule has 0 aromatic heterocycles. The molecule has 190 valence electrons. The Morgan fingerprint density at radius 1 is 1.14 bits per heavy atom. The topological polar surface area (TPSA) is 68.6 Å². The standard InChI is InChI=1S/C29H28ClFN4O2/c1-37-14-13-34-11-9-29(10-12-34)19-35(28(36)33-23-6-7-26(31)25(30)17-23)27-8-5-22(16-24(27)29)21-4-2-3-20(15-21)18-32/h2-8,15-17H,9-14,19H2,1H3,(H,33,36). The highest BCUT2D eigenvalue weighted by Gasteiger charge is 2.46. The van der Waals surface area contributed by atoms with Crippen LogP contribution in [0.1, 0.15) is 24.0 Å². The van der Waals surface area contributed by atoms with Crippen molar-refractivity contribution < 1.29 is 13.9 Å². The van der Waals surface area contributed by atoms with Gasteiger partial charge in [-0.05, 0) is 85.1 Å². The Hall–Kier alpha value is -3.44. The summed E-state index contributed by atoms with van der Waals surface area (Å²) in [5.74, 6) is -0.529. The van der Waals surface area contributed by atoms with Crippen molar-refractivity contribution in [2.45, 2.75) is 18.3 Å². The van der Waals surface area contributed by atoms with Gasteiger partial charge in [-0.1, -0.05) is 29.8 Å². The maximum absolute atomic E-state index is 13.6. The Morgan fingerprint density at radius 3 is 2.65 bits per heavy atom. The lowest BCUT2D eigenvalue weighted by Gasteiger charge is -2.40. The van der Waals surface area contributed by atoms with Gasteiger partial charge in [0.25, 0.3) is 0 Å². The number of hydrogen-bond donors (Lipinski definition) is 1. The number of carbonyl (C=O) groups is 1. The average Bonchev–Trinajstić information content (AvgIpc) is 3.24. The SMILES string of the molecule is COCCN1CCC2(CC1)CN(C(=O)Nc1ccc(F)c(Cl)c1)c1ccc(-c3cccc(C#N)c3)cc12. The molecule has 1 fully saturated rings. The highest BCUT2D eigenvalue weighted by molar-refractivity contribution is 6.31. The molecule has 2 heterocycles. The number of nitrogens with zero attached hydrogens (tertiary/aromatic N) is 3. The van der Waals surface area contributed by atoms with Crippen LogP contribution in [0.5, 0.6) is 0 Å². The molecule has 1 spiro atoms. The summed E-state index contributed by atoms with van der Waals surface area (Å²) >= 11 is 5.93. The van der Waals surface area contributed by atoms with E-state index in [1.807, 2.05) is 30.3 Å². The first-order chi connectivity index (χ1) is 17.9. The summed E-state index contributed by atoms with van der Waals surface area (Å²) in [6.45, 7) is 3.97. The molecule has 0 bridgehead atoms. The van der Waals surface area contributed by atoms with E-state index in [-0.39, 0.29) is 16.5 Å². The van der Waals surface area contributed by atoms with Crippen LogP contribution < -0.4 is 10.2 Å². The molecule has 2 amide bonds. The molecule has 1 N–H and O–H groups in total. The first-order valence-electron chi connectivity index (χ1n) is 12.3. The van der Waals surface area contributed by atoms with Crippen LogP contribution in [0.3, 0.4) is 0 Å². The van der Waals surface area contributed by atoms with Gasteiger partial charge in [-0.3, -0.25) is 4.90 Å². The smallest absolute Gasteiger partial charge is 0.326 e. The van der Waals surface area contributed by atoms with Crippen LogP contribution in [0.2, 0.25) is 5.02 Å². The van der Waals surface area contributed by atoms with Gasteiger partial charge in [0.15, 0.2) is 0 Å². The van der Waals surface area contributed by atoms with E-state index in [4.69, 9.17) is 16.3 Å². The second kappa shape index (κ2) is 10.5. The Balaban J connectivity index is 1.48. The third-order valence-electron chi connectivity index (χ3n) is 7.49. The lowest BCUT2D eigenvalue weighted by molar-refractivity contribution is 0.113. The molecule has 6 nitrogen and oxygen atoms in total. The fourth-order valence-electron chi connectivity index (χ4n) is 5.42. The summed E-state index contributed by atoms with van der Waals surface area (Å²) < 4.78 is 18.9. The van der Waals surface area contributed by atoms with Crippen molar-refractivity contribution in [3.63, 3.8) is 0 Å². The van der Waals surface area contributed by atoms with Crippen molar-refractivity contribution in [3.05, 3.63) is 82.6 Å². The third kappa shape index (κ3) is 5.05. The van der Waals surface area contributed by atoms with E-state index >= 15 is 0 Å². The average molecular weight is 519 g/mol. The predicted octanol–water partition coefficient (Wildman–Crippen LogP) is 6.05. The Kier molecular flexibility index (Phi) is 7.16. The minimum atomic E-state index is -0.529. The highest BCUT2D eigenvalue weighted by atomic mass is 35.5. The number of nitrogens with one attached hydrogen (secondary N) is 1. The summed E-state index contributed by atoms with van der Waals surface area (Å²) in [5, 5.41) is 12.2. The minimum Gasteiger partial charge on any atom is -0.383 e. The molecule has 0 unspecified atom stereocenters. The van der Waals surface area contributed by atoms with Crippen LogP contribution in [0, 0.1) is 17.1 Å². The van der Waals surface area contributed by atoms with Crippen molar-refractivity contribution in [1.82, 2.24) is 4.90 Å². The molecule has 0 saturated carbocycles. The van der Waals surface area contributed by atoms with Crippen LogP contribution in [0.4, 0.5) is 20.6 Å². The number of benzene rings is 3. The van der Waals surface area contributed by atoms with Gasteiger partial charge < -0.3 is 15.0 Å². The zero-order valence-electron chi connectivity index (χ0n) is 20.6. The second-order valence-electron chi connectivity index (χ2n) is 9.68. The Morgan fingerprint density at radius 2 is 1.92 bits per heavy atom. The van der Waals surface area contributed by atoms with E-state index in [0.29, 0.717) is 24.4 Å². The number of rotatable bonds is 5. The minimum absolute atomic E-state index is 0.0382. The van der Waals surface area contributed by atoms with Crippen molar-refractivity contribution in [2.24, 2.45) is 0 Å². The van der Waals surface area contributed by atoms with Crippen LogP contribution in [-0.2, 0) is 10.2 Å². The number of piperidine rings is 1. The van der Waals surface area contributed by atoms with Crippen molar-refractivity contribution in [2.75, 3.05) is 50.1 Å². The number of halogens is 2. The summed E-state index contributed by atoms with van der Waals surface area (Å²) in [6.07, 6.45) is 1.83. The molecule has 37 heavy (non-hydrogen) atoms. The summed E-state index contributed by atoms with van der Waals surface area (Å²) in [4.78, 5) is 17.6. The summed E-state index contributed by atoms with van der Waals surface area (Å²) in [6, 6.07) is 19.8. The number of nitriles is 1. The molecule has 8 heteroatoms.